The summed E-state index contributed by atoms with van der Waals surface area (Å²) in [6, 6.07) is 17.2. The van der Waals surface area contributed by atoms with E-state index in [4.69, 9.17) is 9.84 Å². The lowest BCUT2D eigenvalue weighted by Gasteiger charge is -2.36. The second-order valence-electron chi connectivity index (χ2n) is 7.73. The highest BCUT2D eigenvalue weighted by atomic mass is 16.6. The normalized spacial score (nSPS) is 16.9. The fourth-order valence-electron chi connectivity index (χ4n) is 4.51. The van der Waals surface area contributed by atoms with Gasteiger partial charge in [0.05, 0.1) is 6.61 Å². The van der Waals surface area contributed by atoms with Gasteiger partial charge in [-0.05, 0) is 42.1 Å². The molecule has 0 bridgehead atoms. The molecular formula is C23H28N2O3. The van der Waals surface area contributed by atoms with E-state index in [2.05, 4.69) is 41.3 Å². The molecule has 0 atom stereocenters. The monoisotopic (exact) mass is 380 g/mol. The van der Waals surface area contributed by atoms with Crippen molar-refractivity contribution in [3.8, 4) is 11.1 Å². The molecule has 2 aromatic rings. The number of carbonyl (C=O) groups excluding carboxylic acids is 1. The van der Waals surface area contributed by atoms with Crippen molar-refractivity contribution in [2.45, 2.75) is 24.8 Å². The van der Waals surface area contributed by atoms with Crippen molar-refractivity contribution in [2.75, 3.05) is 39.9 Å². The van der Waals surface area contributed by atoms with E-state index in [-0.39, 0.29) is 18.6 Å². The summed E-state index contributed by atoms with van der Waals surface area (Å²) in [6.07, 6.45) is 1.62. The Morgan fingerprint density at radius 2 is 1.64 bits per heavy atom. The van der Waals surface area contributed by atoms with Crippen LogP contribution < -0.4 is 0 Å². The Bertz CT molecular complexity index is 785. The van der Waals surface area contributed by atoms with Crippen LogP contribution in [0.2, 0.25) is 0 Å². The van der Waals surface area contributed by atoms with Crippen LogP contribution in [0, 0.1) is 0 Å². The van der Waals surface area contributed by atoms with Crippen molar-refractivity contribution >= 4 is 6.09 Å². The molecule has 28 heavy (non-hydrogen) atoms. The second kappa shape index (κ2) is 8.33. The quantitative estimate of drug-likeness (QED) is 0.865. The van der Waals surface area contributed by atoms with E-state index in [0.29, 0.717) is 32.3 Å². The highest BCUT2D eigenvalue weighted by Gasteiger charge is 2.31. The largest absolute Gasteiger partial charge is 0.448 e. The molecule has 0 unspecified atom stereocenters. The van der Waals surface area contributed by atoms with Crippen molar-refractivity contribution in [3.05, 3.63) is 59.7 Å². The van der Waals surface area contributed by atoms with Crippen LogP contribution in [0.25, 0.3) is 11.1 Å². The third-order valence-electron chi connectivity index (χ3n) is 6.13. The molecule has 4 rings (SSSR count). The maximum atomic E-state index is 12.6. The number of aliphatic hydroxyl groups excluding tert-OH is 1. The van der Waals surface area contributed by atoms with Gasteiger partial charge in [-0.1, -0.05) is 48.5 Å². The van der Waals surface area contributed by atoms with Crippen LogP contribution in [-0.2, 0) is 4.74 Å². The first-order valence-electron chi connectivity index (χ1n) is 10.1. The molecule has 148 valence electrons. The molecule has 1 saturated heterocycles. The molecule has 5 nitrogen and oxygen atoms in total. The summed E-state index contributed by atoms with van der Waals surface area (Å²) >= 11 is 0. The van der Waals surface area contributed by atoms with Crippen LogP contribution in [-0.4, -0.2) is 66.9 Å². The molecule has 1 amide bonds. The van der Waals surface area contributed by atoms with Gasteiger partial charge in [0.15, 0.2) is 0 Å². The van der Waals surface area contributed by atoms with Crippen molar-refractivity contribution < 1.29 is 14.6 Å². The Kier molecular flexibility index (Phi) is 5.64. The minimum absolute atomic E-state index is 0.101. The molecule has 1 heterocycles. The van der Waals surface area contributed by atoms with Gasteiger partial charge in [0, 0.05) is 31.6 Å². The molecule has 1 fully saturated rings. The number of hydrogen-bond acceptors (Lipinski definition) is 4. The number of likely N-dealkylation sites (tertiary alicyclic amines) is 1. The number of aliphatic hydroxyl groups is 1. The molecule has 2 aliphatic rings. The van der Waals surface area contributed by atoms with E-state index in [1.165, 1.54) is 22.3 Å². The van der Waals surface area contributed by atoms with E-state index in [0.717, 1.165) is 12.8 Å². The van der Waals surface area contributed by atoms with E-state index < -0.39 is 0 Å². The summed E-state index contributed by atoms with van der Waals surface area (Å²) in [7, 11) is 2.03. The second-order valence-corrected chi connectivity index (χ2v) is 7.73. The first kappa shape index (κ1) is 19.0. The number of benzene rings is 2. The fraction of sp³-hybridized carbons (Fsp3) is 0.435. The zero-order chi connectivity index (χ0) is 19.5. The maximum Gasteiger partial charge on any atom is 0.409 e. The smallest absolute Gasteiger partial charge is 0.409 e. The van der Waals surface area contributed by atoms with Crippen LogP contribution in [0.5, 0.6) is 0 Å². The van der Waals surface area contributed by atoms with E-state index in [1.807, 2.05) is 24.1 Å². The summed E-state index contributed by atoms with van der Waals surface area (Å²) in [5, 5.41) is 9.09. The van der Waals surface area contributed by atoms with Gasteiger partial charge in [-0.3, -0.25) is 0 Å². The minimum atomic E-state index is -0.217. The fourth-order valence-corrected chi connectivity index (χ4v) is 4.51. The predicted molar refractivity (Wildman–Crippen MR) is 109 cm³/mol. The van der Waals surface area contributed by atoms with Gasteiger partial charge in [-0.25, -0.2) is 4.79 Å². The lowest BCUT2D eigenvalue weighted by molar-refractivity contribution is 0.0721. The Labute approximate surface area is 166 Å². The Balaban J connectivity index is 1.37. The molecule has 0 aromatic heterocycles. The average molecular weight is 380 g/mol. The van der Waals surface area contributed by atoms with Crippen LogP contribution in [0.15, 0.2) is 48.5 Å². The maximum absolute atomic E-state index is 12.6. The van der Waals surface area contributed by atoms with E-state index in [9.17, 15) is 4.79 Å². The van der Waals surface area contributed by atoms with Gasteiger partial charge < -0.3 is 19.6 Å². The molecule has 1 aliphatic carbocycles. The third kappa shape index (κ3) is 3.64. The first-order valence-corrected chi connectivity index (χ1v) is 10.1. The van der Waals surface area contributed by atoms with Crippen LogP contribution in [0.4, 0.5) is 4.79 Å². The lowest BCUT2D eigenvalue weighted by atomic mass is 9.98. The topological polar surface area (TPSA) is 53.0 Å². The Morgan fingerprint density at radius 3 is 2.21 bits per heavy atom. The summed E-state index contributed by atoms with van der Waals surface area (Å²) in [5.74, 6) is 0.101. The number of piperidine rings is 1. The van der Waals surface area contributed by atoms with E-state index in [1.54, 1.807) is 0 Å². The van der Waals surface area contributed by atoms with E-state index >= 15 is 0 Å². The summed E-state index contributed by atoms with van der Waals surface area (Å²) < 4.78 is 5.76. The number of carbonyl (C=O) groups is 1. The highest BCUT2D eigenvalue weighted by Crippen LogP contribution is 2.44. The SMILES string of the molecule is CN(CCO)C1CCN(C(=O)OCC2c3ccccc3-c3ccccc32)CC1. The number of rotatable bonds is 5. The van der Waals surface area contributed by atoms with Crippen LogP contribution >= 0.6 is 0 Å². The minimum Gasteiger partial charge on any atom is -0.448 e. The lowest BCUT2D eigenvalue weighted by Crippen LogP contribution is -2.46. The van der Waals surface area contributed by atoms with Gasteiger partial charge in [-0.15, -0.1) is 0 Å². The average Bonchev–Trinajstić information content (AvgIpc) is 3.06. The molecule has 0 radical (unpaired) electrons. The summed E-state index contributed by atoms with van der Waals surface area (Å²) in [5.41, 5.74) is 4.96. The Morgan fingerprint density at radius 1 is 1.07 bits per heavy atom. The van der Waals surface area contributed by atoms with Crippen molar-refractivity contribution in [1.82, 2.24) is 9.80 Å². The number of likely N-dealkylation sites (N-methyl/N-ethyl adjacent to an activating group) is 1. The number of hydrogen-bond donors (Lipinski definition) is 1. The number of nitrogens with zero attached hydrogens (tertiary/aromatic N) is 2. The molecular weight excluding hydrogens is 352 g/mol. The van der Waals surface area contributed by atoms with Crippen molar-refractivity contribution in [2.24, 2.45) is 0 Å². The summed E-state index contributed by atoms with van der Waals surface area (Å²) in [6.45, 7) is 2.63. The van der Waals surface area contributed by atoms with Crippen LogP contribution in [0.1, 0.15) is 29.9 Å². The van der Waals surface area contributed by atoms with Crippen molar-refractivity contribution in [3.63, 3.8) is 0 Å². The van der Waals surface area contributed by atoms with Gasteiger partial charge >= 0.3 is 6.09 Å². The molecule has 5 heteroatoms. The summed E-state index contributed by atoms with van der Waals surface area (Å²) in [4.78, 5) is 16.6. The standard InChI is InChI=1S/C23H28N2O3/c1-24(14-15-26)17-10-12-25(13-11-17)23(27)28-16-22-20-8-4-2-6-18(20)19-7-3-5-9-21(19)22/h2-9,17,22,26H,10-16H2,1H3. The highest BCUT2D eigenvalue weighted by molar-refractivity contribution is 5.79. The van der Waals surface area contributed by atoms with Gasteiger partial charge in [0.25, 0.3) is 0 Å². The number of amides is 1. The number of ether oxygens (including phenoxy) is 1. The third-order valence-corrected chi connectivity index (χ3v) is 6.13. The Hall–Kier alpha value is -2.37. The molecule has 0 spiro atoms. The molecule has 1 aliphatic heterocycles. The van der Waals surface area contributed by atoms with Gasteiger partial charge in [0.1, 0.15) is 6.61 Å². The zero-order valence-corrected chi connectivity index (χ0v) is 16.4. The first-order chi connectivity index (χ1) is 13.7. The molecule has 1 N–H and O–H groups in total. The predicted octanol–water partition coefficient (Wildman–Crippen LogP) is 3.32. The van der Waals surface area contributed by atoms with Crippen molar-refractivity contribution in [1.29, 1.82) is 0 Å². The number of fused-ring (bicyclic) bond motifs is 3. The van der Waals surface area contributed by atoms with Gasteiger partial charge in [-0.2, -0.15) is 0 Å². The van der Waals surface area contributed by atoms with Crippen LogP contribution in [0.3, 0.4) is 0 Å². The molecule has 2 aromatic carbocycles. The zero-order valence-electron chi connectivity index (χ0n) is 16.4. The molecule has 0 saturated carbocycles. The van der Waals surface area contributed by atoms with Gasteiger partial charge in [0.2, 0.25) is 0 Å².